The topological polar surface area (TPSA) is 59.2 Å². The molecule has 0 saturated carbocycles. The van der Waals surface area contributed by atoms with Crippen LogP contribution >= 0.6 is 11.3 Å². The van der Waals surface area contributed by atoms with Crippen molar-refractivity contribution in [3.8, 4) is 0 Å². The van der Waals surface area contributed by atoms with E-state index in [9.17, 15) is 9.18 Å². The van der Waals surface area contributed by atoms with Crippen LogP contribution in [0.25, 0.3) is 0 Å². The summed E-state index contributed by atoms with van der Waals surface area (Å²) in [4.78, 5) is 17.8. The highest BCUT2D eigenvalue weighted by molar-refractivity contribution is 7.09. The van der Waals surface area contributed by atoms with E-state index in [4.69, 9.17) is 5.73 Å². The Hall–Kier alpha value is -1.79. The van der Waals surface area contributed by atoms with Gasteiger partial charge in [-0.2, -0.15) is 0 Å². The van der Waals surface area contributed by atoms with Crippen LogP contribution in [0.2, 0.25) is 0 Å². The van der Waals surface area contributed by atoms with Crippen LogP contribution < -0.4 is 10.6 Å². The van der Waals surface area contributed by atoms with Crippen LogP contribution in [-0.2, 0) is 0 Å². The van der Waals surface area contributed by atoms with Crippen molar-refractivity contribution in [2.45, 2.75) is 13.0 Å². The first-order chi connectivity index (χ1) is 8.99. The van der Waals surface area contributed by atoms with Crippen LogP contribution in [0, 0.1) is 5.82 Å². The number of anilines is 1. The predicted molar refractivity (Wildman–Crippen MR) is 73.8 cm³/mol. The number of hydrogen-bond acceptors (Lipinski definition) is 4. The molecule has 100 valence electrons. The molecule has 6 heteroatoms. The summed E-state index contributed by atoms with van der Waals surface area (Å²) in [5, 5.41) is 2.40. The Morgan fingerprint density at radius 2 is 2.05 bits per heavy atom. The van der Waals surface area contributed by atoms with Crippen molar-refractivity contribution in [3.05, 3.63) is 46.2 Å². The number of hydrogen-bond donors (Lipinski definition) is 1. The highest BCUT2D eigenvalue weighted by Crippen LogP contribution is 2.20. The van der Waals surface area contributed by atoms with Gasteiger partial charge in [0.25, 0.3) is 5.91 Å². The molecule has 0 aliphatic rings. The van der Waals surface area contributed by atoms with Gasteiger partial charge in [-0.1, -0.05) is 0 Å². The Morgan fingerprint density at radius 1 is 1.42 bits per heavy atom. The Labute approximate surface area is 114 Å². The zero-order valence-electron chi connectivity index (χ0n) is 10.6. The summed E-state index contributed by atoms with van der Waals surface area (Å²) in [6.07, 6.45) is 0. The summed E-state index contributed by atoms with van der Waals surface area (Å²) in [5.74, 6) is -0.577. The van der Waals surface area contributed by atoms with E-state index in [1.807, 2.05) is 6.92 Å². The molecule has 0 aliphatic carbocycles. The maximum Gasteiger partial charge on any atom is 0.277 e. The zero-order chi connectivity index (χ0) is 14.0. The lowest BCUT2D eigenvalue weighted by molar-refractivity contribution is 0.0988. The summed E-state index contributed by atoms with van der Waals surface area (Å²) in [6, 6.07) is 5.53. The zero-order valence-corrected chi connectivity index (χ0v) is 11.4. The second-order valence-corrected chi connectivity index (χ2v) is 5.09. The minimum atomic E-state index is -0.336. The molecule has 19 heavy (non-hydrogen) atoms. The first-order valence-corrected chi connectivity index (χ1v) is 6.61. The normalized spacial score (nSPS) is 12.2. The molecular weight excluding hydrogens is 265 g/mol. The van der Waals surface area contributed by atoms with Crippen LogP contribution in [0.15, 0.2) is 29.6 Å². The fraction of sp³-hybridized carbons (Fsp3) is 0.231. The van der Waals surface area contributed by atoms with Crippen molar-refractivity contribution in [1.82, 2.24) is 4.98 Å². The van der Waals surface area contributed by atoms with Gasteiger partial charge in [0.1, 0.15) is 16.5 Å². The number of carbonyl (C=O) groups excluding carboxylic acids is 1. The molecule has 0 bridgehead atoms. The third kappa shape index (κ3) is 2.97. The van der Waals surface area contributed by atoms with Gasteiger partial charge in [0.15, 0.2) is 0 Å². The molecule has 2 N–H and O–H groups in total. The molecule has 2 aromatic rings. The number of rotatable bonds is 3. The summed E-state index contributed by atoms with van der Waals surface area (Å²) < 4.78 is 12.8. The number of amides is 1. The SMILES string of the molecule is CC(N)c1nc(C(=O)N(C)c2ccc(F)cc2)cs1. The maximum atomic E-state index is 12.8. The third-order valence-electron chi connectivity index (χ3n) is 2.65. The Bertz CT molecular complexity index is 580. The van der Waals surface area contributed by atoms with Gasteiger partial charge in [0, 0.05) is 18.1 Å². The average Bonchev–Trinajstić information content (AvgIpc) is 2.87. The monoisotopic (exact) mass is 279 g/mol. The fourth-order valence-electron chi connectivity index (χ4n) is 1.55. The second-order valence-electron chi connectivity index (χ2n) is 4.20. The highest BCUT2D eigenvalue weighted by Gasteiger charge is 2.17. The molecule has 1 heterocycles. The summed E-state index contributed by atoms with van der Waals surface area (Å²) in [5.41, 5.74) is 6.68. The Morgan fingerprint density at radius 3 is 2.58 bits per heavy atom. The molecule has 0 radical (unpaired) electrons. The smallest absolute Gasteiger partial charge is 0.277 e. The first kappa shape index (κ1) is 13.6. The third-order valence-corrected chi connectivity index (χ3v) is 3.69. The minimum absolute atomic E-state index is 0.192. The van der Waals surface area contributed by atoms with E-state index >= 15 is 0 Å². The van der Waals surface area contributed by atoms with Gasteiger partial charge in [-0.15, -0.1) is 11.3 Å². The molecule has 0 fully saturated rings. The largest absolute Gasteiger partial charge is 0.322 e. The molecule has 1 aromatic heterocycles. The van der Waals surface area contributed by atoms with E-state index in [1.54, 1.807) is 24.6 Å². The summed E-state index contributed by atoms with van der Waals surface area (Å²) >= 11 is 1.36. The van der Waals surface area contributed by atoms with Crippen LogP contribution in [0.5, 0.6) is 0 Å². The van der Waals surface area contributed by atoms with Gasteiger partial charge < -0.3 is 10.6 Å². The van der Waals surface area contributed by atoms with Crippen LogP contribution in [-0.4, -0.2) is 17.9 Å². The van der Waals surface area contributed by atoms with Crippen LogP contribution in [0.4, 0.5) is 10.1 Å². The van der Waals surface area contributed by atoms with Crippen LogP contribution in [0.3, 0.4) is 0 Å². The quantitative estimate of drug-likeness (QED) is 0.939. The number of benzene rings is 1. The van der Waals surface area contributed by atoms with Gasteiger partial charge in [0.2, 0.25) is 0 Å². The van der Waals surface area contributed by atoms with E-state index in [0.29, 0.717) is 11.4 Å². The molecule has 4 nitrogen and oxygen atoms in total. The number of nitrogens with two attached hydrogens (primary N) is 1. The van der Waals surface area contributed by atoms with E-state index in [-0.39, 0.29) is 17.8 Å². The average molecular weight is 279 g/mol. The molecule has 1 unspecified atom stereocenters. The van der Waals surface area contributed by atoms with Gasteiger partial charge in [-0.3, -0.25) is 4.79 Å². The number of halogens is 1. The van der Waals surface area contributed by atoms with Crippen LogP contribution in [0.1, 0.15) is 28.5 Å². The van der Waals surface area contributed by atoms with E-state index in [2.05, 4.69) is 4.98 Å². The lowest BCUT2D eigenvalue weighted by atomic mass is 10.2. The maximum absolute atomic E-state index is 12.8. The summed E-state index contributed by atoms with van der Waals surface area (Å²) in [6.45, 7) is 1.82. The van der Waals surface area contributed by atoms with Crippen molar-refractivity contribution in [2.24, 2.45) is 5.73 Å². The van der Waals surface area contributed by atoms with Crippen molar-refractivity contribution in [3.63, 3.8) is 0 Å². The Kier molecular flexibility index (Phi) is 3.92. The molecule has 1 aromatic carbocycles. The lowest BCUT2D eigenvalue weighted by Gasteiger charge is -2.15. The molecule has 1 atom stereocenters. The molecule has 1 amide bonds. The molecule has 0 aliphatic heterocycles. The number of carbonyl (C=O) groups is 1. The standard InChI is InChI=1S/C13H14FN3OS/c1-8(15)12-16-11(7-19-12)13(18)17(2)10-5-3-9(14)4-6-10/h3-8H,15H2,1-2H3. The fourth-order valence-corrected chi connectivity index (χ4v) is 2.30. The number of thiazole rings is 1. The second kappa shape index (κ2) is 5.46. The van der Waals surface area contributed by atoms with E-state index in [1.165, 1.54) is 28.4 Å². The van der Waals surface area contributed by atoms with Crippen molar-refractivity contribution < 1.29 is 9.18 Å². The van der Waals surface area contributed by atoms with Gasteiger partial charge in [-0.05, 0) is 31.2 Å². The molecule has 0 spiro atoms. The van der Waals surface area contributed by atoms with Crippen molar-refractivity contribution in [2.75, 3.05) is 11.9 Å². The van der Waals surface area contributed by atoms with Gasteiger partial charge in [0.05, 0.1) is 6.04 Å². The number of nitrogens with zero attached hydrogens (tertiary/aromatic N) is 2. The first-order valence-electron chi connectivity index (χ1n) is 5.73. The van der Waals surface area contributed by atoms with Gasteiger partial charge >= 0.3 is 0 Å². The van der Waals surface area contributed by atoms with Crippen molar-refractivity contribution in [1.29, 1.82) is 0 Å². The van der Waals surface area contributed by atoms with Gasteiger partial charge in [-0.25, -0.2) is 9.37 Å². The molecule has 2 rings (SSSR count). The Balaban J connectivity index is 2.20. The minimum Gasteiger partial charge on any atom is -0.322 e. The predicted octanol–water partition coefficient (Wildman–Crippen LogP) is 2.58. The lowest BCUT2D eigenvalue weighted by Crippen LogP contribution is -2.26. The number of aromatic nitrogens is 1. The van der Waals surface area contributed by atoms with E-state index < -0.39 is 0 Å². The molecular formula is C13H14FN3OS. The summed E-state index contributed by atoms with van der Waals surface area (Å²) in [7, 11) is 1.63. The van der Waals surface area contributed by atoms with Crippen molar-refractivity contribution >= 4 is 22.9 Å². The van der Waals surface area contributed by atoms with E-state index in [0.717, 1.165) is 5.01 Å². The molecule has 0 saturated heterocycles. The highest BCUT2D eigenvalue weighted by atomic mass is 32.1.